The van der Waals surface area contributed by atoms with Gasteiger partial charge in [0.1, 0.15) is 0 Å². The van der Waals surface area contributed by atoms with Crippen LogP contribution in [0, 0.1) is 0 Å². The summed E-state index contributed by atoms with van der Waals surface area (Å²) in [6, 6.07) is 4.85. The first kappa shape index (κ1) is 15.3. The van der Waals surface area contributed by atoms with Gasteiger partial charge >= 0.3 is 12.3 Å². The van der Waals surface area contributed by atoms with Gasteiger partial charge in [-0.2, -0.15) is 13.2 Å². The number of amides is 1. The monoisotopic (exact) mass is 276 g/mol. The Kier molecular flexibility index (Phi) is 5.14. The topological polar surface area (TPSA) is 42.4 Å². The summed E-state index contributed by atoms with van der Waals surface area (Å²) in [5, 5.41) is 0. The molecule has 0 fully saturated rings. The van der Waals surface area contributed by atoms with Gasteiger partial charge in [-0.05, 0) is 26.0 Å². The van der Waals surface area contributed by atoms with Gasteiger partial charge in [0.05, 0.1) is 12.2 Å². The number of alkyl halides is 3. The third-order valence-corrected chi connectivity index (χ3v) is 2.28. The van der Waals surface area contributed by atoms with Gasteiger partial charge in [-0.3, -0.25) is 9.88 Å². The van der Waals surface area contributed by atoms with E-state index in [1.165, 1.54) is 4.90 Å². The number of hydrogen-bond acceptors (Lipinski definition) is 3. The molecule has 0 atom stereocenters. The molecule has 0 bridgehead atoms. The Morgan fingerprint density at radius 3 is 2.58 bits per heavy atom. The maximum Gasteiger partial charge on any atom is 0.422 e. The molecule has 0 radical (unpaired) electrons. The number of pyridine rings is 1. The van der Waals surface area contributed by atoms with Crippen LogP contribution in [0.2, 0.25) is 0 Å². The molecule has 0 saturated heterocycles. The van der Waals surface area contributed by atoms with Crippen LogP contribution >= 0.6 is 0 Å². The number of carbonyl (C=O) groups is 1. The van der Waals surface area contributed by atoms with Crippen LogP contribution in [0.3, 0.4) is 0 Å². The van der Waals surface area contributed by atoms with E-state index in [4.69, 9.17) is 0 Å². The minimum absolute atomic E-state index is 0.106. The first-order valence-corrected chi connectivity index (χ1v) is 5.69. The van der Waals surface area contributed by atoms with Gasteiger partial charge in [0.15, 0.2) is 6.61 Å². The van der Waals surface area contributed by atoms with Crippen LogP contribution in [-0.4, -0.2) is 34.8 Å². The van der Waals surface area contributed by atoms with Crippen LogP contribution in [0.4, 0.5) is 18.0 Å². The molecule has 0 aliphatic rings. The van der Waals surface area contributed by atoms with E-state index in [1.807, 2.05) is 0 Å². The molecule has 4 nitrogen and oxygen atoms in total. The lowest BCUT2D eigenvalue weighted by molar-refractivity contribution is -0.163. The van der Waals surface area contributed by atoms with Gasteiger partial charge in [-0.1, -0.05) is 6.07 Å². The summed E-state index contributed by atoms with van der Waals surface area (Å²) in [4.78, 5) is 16.8. The van der Waals surface area contributed by atoms with Gasteiger partial charge in [0, 0.05) is 12.2 Å². The summed E-state index contributed by atoms with van der Waals surface area (Å²) in [7, 11) is 0. The molecular weight excluding hydrogens is 261 g/mol. The molecule has 1 amide bonds. The minimum atomic E-state index is -4.52. The van der Waals surface area contributed by atoms with E-state index in [0.29, 0.717) is 5.69 Å². The zero-order chi connectivity index (χ0) is 14.5. The molecule has 19 heavy (non-hydrogen) atoms. The first-order valence-electron chi connectivity index (χ1n) is 5.69. The molecule has 0 unspecified atom stereocenters. The van der Waals surface area contributed by atoms with Crippen LogP contribution in [0.25, 0.3) is 0 Å². The van der Waals surface area contributed by atoms with Gasteiger partial charge < -0.3 is 4.74 Å². The van der Waals surface area contributed by atoms with Crippen LogP contribution < -0.4 is 0 Å². The highest BCUT2D eigenvalue weighted by molar-refractivity contribution is 5.68. The summed E-state index contributed by atoms with van der Waals surface area (Å²) >= 11 is 0. The number of aromatic nitrogens is 1. The van der Waals surface area contributed by atoms with Gasteiger partial charge in [0.25, 0.3) is 0 Å². The Hall–Kier alpha value is -1.79. The lowest BCUT2D eigenvalue weighted by atomic mass is 10.3. The Balaban J connectivity index is 2.65. The molecule has 7 heteroatoms. The van der Waals surface area contributed by atoms with Crippen molar-refractivity contribution in [2.45, 2.75) is 32.6 Å². The molecule has 106 valence electrons. The Morgan fingerprint density at radius 1 is 1.42 bits per heavy atom. The fourth-order valence-electron chi connectivity index (χ4n) is 1.35. The minimum Gasteiger partial charge on any atom is -0.440 e. The summed E-state index contributed by atoms with van der Waals surface area (Å²) in [5.74, 6) is 0. The molecule has 0 aromatic carbocycles. The summed E-state index contributed by atoms with van der Waals surface area (Å²) in [5.41, 5.74) is 0.583. The standard InChI is InChI=1S/C12H15F3N2O2/c1-9(2)17(7-10-5-3-4-6-16-10)11(18)19-8-12(13,14)15/h3-6,9H,7-8H2,1-2H3. The highest BCUT2D eigenvalue weighted by Crippen LogP contribution is 2.16. The smallest absolute Gasteiger partial charge is 0.422 e. The number of hydrogen-bond donors (Lipinski definition) is 0. The first-order chi connectivity index (χ1) is 8.79. The maximum absolute atomic E-state index is 12.0. The second-order valence-corrected chi connectivity index (χ2v) is 4.21. The summed E-state index contributed by atoms with van der Waals surface area (Å²) in [6.07, 6.45) is -3.98. The molecule has 1 heterocycles. The van der Waals surface area contributed by atoms with E-state index in [9.17, 15) is 18.0 Å². The number of nitrogens with zero attached hydrogens (tertiary/aromatic N) is 2. The summed E-state index contributed by atoms with van der Waals surface area (Å²) in [6.45, 7) is 1.90. The number of halogens is 3. The Bertz CT molecular complexity index is 407. The second kappa shape index (κ2) is 6.40. The maximum atomic E-state index is 12.0. The largest absolute Gasteiger partial charge is 0.440 e. The molecule has 1 aromatic rings. The molecule has 0 saturated carbocycles. The van der Waals surface area contributed by atoms with Gasteiger partial charge in [-0.25, -0.2) is 4.79 Å². The van der Waals surface area contributed by atoms with Gasteiger partial charge in [0.2, 0.25) is 0 Å². The van der Waals surface area contributed by atoms with E-state index in [0.717, 1.165) is 0 Å². The highest BCUT2D eigenvalue weighted by atomic mass is 19.4. The lowest BCUT2D eigenvalue weighted by Gasteiger charge is -2.25. The van der Waals surface area contributed by atoms with Crippen LogP contribution in [0.15, 0.2) is 24.4 Å². The molecule has 0 spiro atoms. The SMILES string of the molecule is CC(C)N(Cc1ccccn1)C(=O)OCC(F)(F)F. The molecular formula is C12H15F3N2O2. The average Bonchev–Trinajstić information content (AvgIpc) is 2.33. The molecule has 0 aliphatic heterocycles. The van der Waals surface area contributed by atoms with Crippen molar-refractivity contribution in [3.63, 3.8) is 0 Å². The van der Waals surface area contributed by atoms with Crippen LogP contribution in [-0.2, 0) is 11.3 Å². The van der Waals surface area contributed by atoms with Crippen molar-refractivity contribution >= 4 is 6.09 Å². The van der Waals surface area contributed by atoms with Crippen molar-refractivity contribution in [2.75, 3.05) is 6.61 Å². The van der Waals surface area contributed by atoms with Crippen molar-refractivity contribution < 1.29 is 22.7 Å². The predicted octanol–water partition coefficient (Wildman–Crippen LogP) is 2.99. The highest BCUT2D eigenvalue weighted by Gasteiger charge is 2.31. The quantitative estimate of drug-likeness (QED) is 0.849. The van der Waals surface area contributed by atoms with E-state index in [-0.39, 0.29) is 12.6 Å². The molecule has 1 rings (SSSR count). The zero-order valence-corrected chi connectivity index (χ0v) is 10.6. The normalized spacial score (nSPS) is 11.5. The Labute approximate surface area is 109 Å². The molecule has 0 aliphatic carbocycles. The fourth-order valence-corrected chi connectivity index (χ4v) is 1.35. The third-order valence-electron chi connectivity index (χ3n) is 2.28. The van der Waals surface area contributed by atoms with Crippen molar-refractivity contribution in [1.29, 1.82) is 0 Å². The number of rotatable bonds is 4. The number of ether oxygens (including phenoxy) is 1. The van der Waals surface area contributed by atoms with E-state index >= 15 is 0 Å². The second-order valence-electron chi connectivity index (χ2n) is 4.21. The van der Waals surface area contributed by atoms with E-state index in [2.05, 4.69) is 9.72 Å². The molecule has 1 aromatic heterocycles. The van der Waals surface area contributed by atoms with E-state index < -0.39 is 18.9 Å². The summed E-state index contributed by atoms with van der Waals surface area (Å²) < 4.78 is 40.2. The molecule has 0 N–H and O–H groups in total. The van der Waals surface area contributed by atoms with E-state index in [1.54, 1.807) is 38.2 Å². The van der Waals surface area contributed by atoms with Gasteiger partial charge in [-0.15, -0.1) is 0 Å². The van der Waals surface area contributed by atoms with Crippen molar-refractivity contribution in [2.24, 2.45) is 0 Å². The predicted molar refractivity (Wildman–Crippen MR) is 62.3 cm³/mol. The van der Waals surface area contributed by atoms with Crippen molar-refractivity contribution in [3.8, 4) is 0 Å². The van der Waals surface area contributed by atoms with Crippen molar-refractivity contribution in [1.82, 2.24) is 9.88 Å². The average molecular weight is 276 g/mol. The zero-order valence-electron chi connectivity index (χ0n) is 10.6. The lowest BCUT2D eigenvalue weighted by Crippen LogP contribution is -2.38. The van der Waals surface area contributed by atoms with Crippen LogP contribution in [0.5, 0.6) is 0 Å². The Morgan fingerprint density at radius 2 is 2.11 bits per heavy atom. The fraction of sp³-hybridized carbons (Fsp3) is 0.500. The number of carbonyl (C=O) groups excluding carboxylic acids is 1. The third kappa shape index (κ3) is 5.58. The van der Waals surface area contributed by atoms with Crippen LogP contribution in [0.1, 0.15) is 19.5 Å². The van der Waals surface area contributed by atoms with Crippen molar-refractivity contribution in [3.05, 3.63) is 30.1 Å².